The van der Waals surface area contributed by atoms with E-state index in [4.69, 9.17) is 9.15 Å². The maximum atomic E-state index is 13.0. The number of nitrogens with one attached hydrogen (secondary N) is 1. The molecule has 4 bridgehead atoms. The number of carbonyl (C=O) groups is 2. The highest BCUT2D eigenvalue weighted by atomic mass is 32.2. The van der Waals surface area contributed by atoms with Gasteiger partial charge >= 0.3 is 5.97 Å². The molecule has 0 amide bonds. The van der Waals surface area contributed by atoms with Crippen LogP contribution in [0.1, 0.15) is 54.6 Å². The molecule has 4 aliphatic rings. The highest BCUT2D eigenvalue weighted by molar-refractivity contribution is 7.89. The van der Waals surface area contributed by atoms with Gasteiger partial charge in [0.1, 0.15) is 5.76 Å². The molecule has 32 heavy (non-hydrogen) atoms. The number of esters is 1. The van der Waals surface area contributed by atoms with E-state index < -0.39 is 16.0 Å². The van der Waals surface area contributed by atoms with E-state index in [1.54, 1.807) is 12.1 Å². The second-order valence-corrected chi connectivity index (χ2v) is 11.4. The first kappa shape index (κ1) is 21.4. The zero-order valence-electron chi connectivity index (χ0n) is 17.8. The van der Waals surface area contributed by atoms with Crippen LogP contribution in [0.3, 0.4) is 0 Å². The third kappa shape index (κ3) is 4.13. The van der Waals surface area contributed by atoms with Crippen molar-refractivity contribution in [3.05, 3.63) is 54.0 Å². The fourth-order valence-electron chi connectivity index (χ4n) is 6.25. The molecular formula is C24H27NO6S. The molecule has 2 aromatic rings. The van der Waals surface area contributed by atoms with Gasteiger partial charge < -0.3 is 9.15 Å². The van der Waals surface area contributed by atoms with E-state index in [0.717, 1.165) is 19.3 Å². The zero-order valence-corrected chi connectivity index (χ0v) is 18.6. The van der Waals surface area contributed by atoms with E-state index in [1.165, 1.54) is 49.8 Å². The topological polar surface area (TPSA) is 103 Å². The highest BCUT2D eigenvalue weighted by Gasteiger charge is 2.54. The van der Waals surface area contributed by atoms with Crippen molar-refractivity contribution in [1.29, 1.82) is 0 Å². The number of Topliss-reactive ketones (excluding diaryl/α,β-unsaturated/α-hetero) is 1. The number of hydrogen-bond donors (Lipinski definition) is 1. The van der Waals surface area contributed by atoms with Gasteiger partial charge in [-0.2, -0.15) is 0 Å². The molecule has 0 radical (unpaired) electrons. The van der Waals surface area contributed by atoms with E-state index in [-0.39, 0.29) is 34.8 Å². The lowest BCUT2D eigenvalue weighted by molar-refractivity contribution is -0.147. The fraction of sp³-hybridized carbons (Fsp3) is 0.500. The molecule has 0 unspecified atom stereocenters. The van der Waals surface area contributed by atoms with Crippen molar-refractivity contribution in [3.8, 4) is 0 Å². The van der Waals surface area contributed by atoms with Crippen LogP contribution < -0.4 is 4.72 Å². The van der Waals surface area contributed by atoms with Crippen LogP contribution in [-0.4, -0.2) is 26.8 Å². The Morgan fingerprint density at radius 2 is 1.62 bits per heavy atom. The lowest BCUT2D eigenvalue weighted by Gasteiger charge is -2.55. The number of ether oxygens (including phenoxy) is 1. The minimum absolute atomic E-state index is 0.0326. The Morgan fingerprint density at radius 1 is 1.00 bits per heavy atom. The standard InChI is InChI=1S/C24H27NO6S/c26-22(24-11-16-8-17(12-24)10-18(9-16)13-24)15-31-23(27)19-3-5-21(6-4-19)32(28,29)25-14-20-2-1-7-30-20/h1-7,16-18,25H,8-15H2. The smallest absolute Gasteiger partial charge is 0.338 e. The summed E-state index contributed by atoms with van der Waals surface area (Å²) in [6.07, 6.45) is 8.03. The predicted octanol–water partition coefficient (Wildman–Crippen LogP) is 3.70. The summed E-state index contributed by atoms with van der Waals surface area (Å²) in [7, 11) is -3.75. The number of ketones is 1. The number of hydrogen-bond acceptors (Lipinski definition) is 6. The van der Waals surface area contributed by atoms with Gasteiger partial charge in [-0.1, -0.05) is 0 Å². The van der Waals surface area contributed by atoms with E-state index in [2.05, 4.69) is 4.72 Å². The molecule has 0 saturated heterocycles. The maximum Gasteiger partial charge on any atom is 0.338 e. The summed E-state index contributed by atoms with van der Waals surface area (Å²) in [5, 5.41) is 0. The van der Waals surface area contributed by atoms with Crippen LogP contribution in [0.2, 0.25) is 0 Å². The average molecular weight is 458 g/mol. The van der Waals surface area contributed by atoms with Crippen LogP contribution >= 0.6 is 0 Å². The van der Waals surface area contributed by atoms with Gasteiger partial charge in [-0.15, -0.1) is 0 Å². The summed E-state index contributed by atoms with van der Waals surface area (Å²) in [5.74, 6) is 1.88. The van der Waals surface area contributed by atoms with Crippen LogP contribution in [0.4, 0.5) is 0 Å². The number of rotatable bonds is 8. The predicted molar refractivity (Wildman–Crippen MR) is 115 cm³/mol. The second kappa shape index (κ2) is 8.15. The van der Waals surface area contributed by atoms with E-state index in [1.807, 2.05) is 0 Å². The summed E-state index contributed by atoms with van der Waals surface area (Å²) < 4.78 is 37.7. The van der Waals surface area contributed by atoms with Gasteiger partial charge in [-0.25, -0.2) is 17.9 Å². The second-order valence-electron chi connectivity index (χ2n) is 9.63. The Balaban J connectivity index is 1.18. The Labute approximate surface area is 187 Å². The molecule has 4 aliphatic carbocycles. The van der Waals surface area contributed by atoms with Gasteiger partial charge in [0.25, 0.3) is 0 Å². The van der Waals surface area contributed by atoms with Crippen LogP contribution in [-0.2, 0) is 26.1 Å². The van der Waals surface area contributed by atoms with E-state index in [0.29, 0.717) is 23.5 Å². The van der Waals surface area contributed by atoms with Crippen molar-refractivity contribution in [2.24, 2.45) is 23.2 Å². The first-order valence-corrected chi connectivity index (χ1v) is 12.6. The third-order valence-electron chi connectivity index (χ3n) is 7.38. The lowest BCUT2D eigenvalue weighted by Crippen LogP contribution is -2.51. The molecule has 4 saturated carbocycles. The first-order valence-electron chi connectivity index (χ1n) is 11.2. The summed E-state index contributed by atoms with van der Waals surface area (Å²) in [6, 6.07) is 8.85. The van der Waals surface area contributed by atoms with Gasteiger partial charge in [0.15, 0.2) is 12.4 Å². The molecule has 4 fully saturated rings. The SMILES string of the molecule is O=C(OCC(=O)C12CC3CC(CC(C3)C1)C2)c1ccc(S(=O)(=O)NCc2ccco2)cc1. The maximum absolute atomic E-state index is 13.0. The highest BCUT2D eigenvalue weighted by Crippen LogP contribution is 2.60. The Hall–Kier alpha value is -2.45. The molecule has 7 nitrogen and oxygen atoms in total. The molecular weight excluding hydrogens is 430 g/mol. The van der Waals surface area contributed by atoms with Crippen LogP contribution in [0, 0.1) is 23.2 Å². The van der Waals surface area contributed by atoms with Crippen LogP contribution in [0.5, 0.6) is 0 Å². The van der Waals surface area contributed by atoms with Gasteiger partial charge in [0.2, 0.25) is 10.0 Å². The van der Waals surface area contributed by atoms with Crippen molar-refractivity contribution in [3.63, 3.8) is 0 Å². The summed E-state index contributed by atoms with van der Waals surface area (Å²) >= 11 is 0. The van der Waals surface area contributed by atoms with Gasteiger partial charge in [-0.3, -0.25) is 4.79 Å². The monoisotopic (exact) mass is 457 g/mol. The molecule has 0 atom stereocenters. The summed E-state index contributed by atoms with van der Waals surface area (Å²) in [4.78, 5) is 25.5. The van der Waals surface area contributed by atoms with Gasteiger partial charge in [-0.05, 0) is 92.7 Å². The summed E-state index contributed by atoms with van der Waals surface area (Å²) in [6.45, 7) is -0.179. The summed E-state index contributed by atoms with van der Waals surface area (Å²) in [5.41, 5.74) is -0.0830. The average Bonchev–Trinajstić information content (AvgIpc) is 3.29. The van der Waals surface area contributed by atoms with Crippen molar-refractivity contribution in [2.75, 3.05) is 6.61 Å². The van der Waals surface area contributed by atoms with Gasteiger partial charge in [0.05, 0.1) is 23.3 Å². The van der Waals surface area contributed by atoms with E-state index >= 15 is 0 Å². The molecule has 6 rings (SSSR count). The quantitative estimate of drug-likeness (QED) is 0.607. The minimum atomic E-state index is -3.75. The molecule has 1 aromatic heterocycles. The van der Waals surface area contributed by atoms with Gasteiger partial charge in [0, 0.05) is 5.41 Å². The Morgan fingerprint density at radius 3 is 2.19 bits per heavy atom. The lowest BCUT2D eigenvalue weighted by atomic mass is 9.48. The Bertz CT molecular complexity index is 1070. The largest absolute Gasteiger partial charge is 0.468 e. The minimum Gasteiger partial charge on any atom is -0.468 e. The third-order valence-corrected chi connectivity index (χ3v) is 8.80. The number of sulfonamides is 1. The number of carbonyl (C=O) groups excluding carboxylic acids is 2. The molecule has 1 aromatic carbocycles. The molecule has 1 N–H and O–H groups in total. The Kier molecular flexibility index (Phi) is 5.45. The van der Waals surface area contributed by atoms with Crippen molar-refractivity contribution in [2.45, 2.75) is 50.0 Å². The van der Waals surface area contributed by atoms with E-state index in [9.17, 15) is 18.0 Å². The number of benzene rings is 1. The number of furan rings is 1. The van der Waals surface area contributed by atoms with Crippen molar-refractivity contribution < 1.29 is 27.2 Å². The zero-order chi connectivity index (χ0) is 22.3. The molecule has 0 aliphatic heterocycles. The fourth-order valence-corrected chi connectivity index (χ4v) is 7.25. The normalized spacial score (nSPS) is 28.6. The molecule has 8 heteroatoms. The van der Waals surface area contributed by atoms with Crippen LogP contribution in [0.15, 0.2) is 52.0 Å². The molecule has 0 spiro atoms. The van der Waals surface area contributed by atoms with Crippen molar-refractivity contribution in [1.82, 2.24) is 4.72 Å². The molecule has 170 valence electrons. The van der Waals surface area contributed by atoms with Crippen molar-refractivity contribution >= 4 is 21.8 Å². The first-order chi connectivity index (χ1) is 15.3. The van der Waals surface area contributed by atoms with Crippen LogP contribution in [0.25, 0.3) is 0 Å². The molecule has 1 heterocycles.